The molecule has 0 radical (unpaired) electrons. The van der Waals surface area contributed by atoms with E-state index in [-0.39, 0.29) is 18.1 Å². The molecule has 7 nitrogen and oxygen atoms in total. The molecule has 0 amide bonds. The van der Waals surface area contributed by atoms with Crippen molar-refractivity contribution in [3.63, 3.8) is 0 Å². The van der Waals surface area contributed by atoms with Gasteiger partial charge >= 0.3 is 5.97 Å². The van der Waals surface area contributed by atoms with Gasteiger partial charge in [0.05, 0.1) is 12.7 Å². The molecular weight excluding hydrogens is 348 g/mol. The second-order valence-corrected chi connectivity index (χ2v) is 6.77. The molecule has 0 aliphatic heterocycles. The average Bonchev–Trinajstić information content (AvgIpc) is 3.06. The summed E-state index contributed by atoms with van der Waals surface area (Å²) in [6, 6.07) is 1.80. The number of ether oxygens (including phenoxy) is 2. The van der Waals surface area contributed by atoms with Gasteiger partial charge in [0.1, 0.15) is 5.69 Å². The Hall–Kier alpha value is -2.38. The van der Waals surface area contributed by atoms with Crippen LogP contribution in [0, 0.1) is 27.7 Å². The molecule has 2 aromatic rings. The number of aryl methyl sites for hydroxylation is 2. The number of aromatic amines is 1. The van der Waals surface area contributed by atoms with Crippen molar-refractivity contribution < 1.29 is 24.2 Å². The zero-order valence-electron chi connectivity index (χ0n) is 16.8. The number of nitrogens with zero attached hydrogens (tertiary/aromatic N) is 1. The normalized spacial score (nSPS) is 12.3. The summed E-state index contributed by atoms with van der Waals surface area (Å²) in [7, 11) is 1.63. The molecule has 0 spiro atoms. The van der Waals surface area contributed by atoms with E-state index in [0.717, 1.165) is 11.4 Å². The first-order valence-corrected chi connectivity index (χ1v) is 8.92. The summed E-state index contributed by atoms with van der Waals surface area (Å²) in [4.78, 5) is 27.9. The SMILES string of the molecule is COCCn1c(C)cc(C(=O)COC(=O)c2[nH]c(C)c([C@H](C)O)c2C)c1C. The first kappa shape index (κ1) is 20.9. The number of hydrogen-bond acceptors (Lipinski definition) is 5. The van der Waals surface area contributed by atoms with Gasteiger partial charge in [-0.3, -0.25) is 4.79 Å². The summed E-state index contributed by atoms with van der Waals surface area (Å²) in [6.07, 6.45) is -0.693. The molecule has 0 aliphatic rings. The van der Waals surface area contributed by atoms with Crippen LogP contribution in [-0.2, 0) is 16.0 Å². The summed E-state index contributed by atoms with van der Waals surface area (Å²) in [5.74, 6) is -0.860. The van der Waals surface area contributed by atoms with E-state index in [0.29, 0.717) is 35.5 Å². The largest absolute Gasteiger partial charge is 0.453 e. The molecule has 0 saturated heterocycles. The van der Waals surface area contributed by atoms with Crippen molar-refractivity contribution in [2.24, 2.45) is 0 Å². The van der Waals surface area contributed by atoms with E-state index in [1.807, 2.05) is 18.4 Å². The number of nitrogens with one attached hydrogen (secondary N) is 1. The van der Waals surface area contributed by atoms with Crippen LogP contribution >= 0.6 is 0 Å². The van der Waals surface area contributed by atoms with Crippen LogP contribution in [0.1, 0.15) is 62.1 Å². The lowest BCUT2D eigenvalue weighted by molar-refractivity contribution is 0.0468. The van der Waals surface area contributed by atoms with Crippen LogP contribution in [0.25, 0.3) is 0 Å². The third-order valence-electron chi connectivity index (χ3n) is 4.84. The predicted octanol–water partition coefficient (Wildman–Crippen LogP) is 2.79. The molecule has 0 saturated carbocycles. The summed E-state index contributed by atoms with van der Waals surface area (Å²) < 4.78 is 12.3. The van der Waals surface area contributed by atoms with Crippen molar-refractivity contribution >= 4 is 11.8 Å². The standard InChI is InChI=1S/C20H28N2O5/c1-11-9-16(14(4)22(11)7-8-26-6)17(24)10-27-20(25)19-12(2)18(15(5)23)13(3)21-19/h9,15,21,23H,7-8,10H2,1-6H3/t15-/m0/s1. The van der Waals surface area contributed by atoms with Gasteiger partial charge < -0.3 is 24.1 Å². The van der Waals surface area contributed by atoms with Crippen LogP contribution < -0.4 is 0 Å². The van der Waals surface area contributed by atoms with Crippen LogP contribution in [-0.4, -0.2) is 46.7 Å². The molecule has 2 heterocycles. The Morgan fingerprint density at radius 3 is 2.48 bits per heavy atom. The fraction of sp³-hybridized carbons (Fsp3) is 0.500. The van der Waals surface area contributed by atoms with Gasteiger partial charge in [0.2, 0.25) is 5.78 Å². The zero-order valence-corrected chi connectivity index (χ0v) is 16.8. The molecule has 27 heavy (non-hydrogen) atoms. The van der Waals surface area contributed by atoms with Crippen LogP contribution in [0.4, 0.5) is 0 Å². The molecule has 0 bridgehead atoms. The maximum Gasteiger partial charge on any atom is 0.355 e. The minimum atomic E-state index is -0.693. The number of aromatic nitrogens is 2. The second-order valence-electron chi connectivity index (χ2n) is 6.77. The van der Waals surface area contributed by atoms with Gasteiger partial charge in [0, 0.05) is 41.9 Å². The van der Waals surface area contributed by atoms with Gasteiger partial charge in [0.25, 0.3) is 0 Å². The predicted molar refractivity (Wildman–Crippen MR) is 101 cm³/mol. The quantitative estimate of drug-likeness (QED) is 0.546. The number of ketones is 1. The van der Waals surface area contributed by atoms with Gasteiger partial charge in [-0.15, -0.1) is 0 Å². The Morgan fingerprint density at radius 2 is 1.93 bits per heavy atom. The number of aliphatic hydroxyl groups excluding tert-OH is 1. The van der Waals surface area contributed by atoms with Crippen molar-refractivity contribution in [2.45, 2.75) is 47.3 Å². The number of carbonyl (C=O) groups excluding carboxylic acids is 2. The van der Waals surface area contributed by atoms with Gasteiger partial charge in [0.15, 0.2) is 6.61 Å². The molecule has 2 N–H and O–H groups in total. The molecule has 2 rings (SSSR count). The molecule has 0 fully saturated rings. The Bertz CT molecular complexity index is 845. The van der Waals surface area contributed by atoms with Gasteiger partial charge in [-0.1, -0.05) is 0 Å². The van der Waals surface area contributed by atoms with E-state index in [1.165, 1.54) is 0 Å². The van der Waals surface area contributed by atoms with Crippen molar-refractivity contribution in [1.82, 2.24) is 9.55 Å². The van der Waals surface area contributed by atoms with E-state index in [2.05, 4.69) is 4.98 Å². The molecule has 1 atom stereocenters. The van der Waals surface area contributed by atoms with E-state index in [9.17, 15) is 14.7 Å². The second kappa shape index (κ2) is 8.54. The molecule has 0 unspecified atom stereocenters. The number of hydrogen-bond donors (Lipinski definition) is 2. The Morgan fingerprint density at radius 1 is 1.26 bits per heavy atom. The highest BCUT2D eigenvalue weighted by Crippen LogP contribution is 2.25. The number of carbonyl (C=O) groups is 2. The summed E-state index contributed by atoms with van der Waals surface area (Å²) in [5.41, 5.74) is 4.61. The average molecular weight is 376 g/mol. The van der Waals surface area contributed by atoms with E-state index in [1.54, 1.807) is 33.9 Å². The molecule has 148 valence electrons. The maximum atomic E-state index is 12.5. The van der Waals surface area contributed by atoms with Crippen LogP contribution in [0.15, 0.2) is 6.07 Å². The monoisotopic (exact) mass is 376 g/mol. The summed E-state index contributed by atoms with van der Waals surface area (Å²) >= 11 is 0. The lowest BCUT2D eigenvalue weighted by atomic mass is 10.1. The van der Waals surface area contributed by atoms with Gasteiger partial charge in [-0.05, 0) is 46.2 Å². The molecule has 0 aromatic carbocycles. The fourth-order valence-electron chi connectivity index (χ4n) is 3.49. The summed E-state index contributed by atoms with van der Waals surface area (Å²) in [5, 5.41) is 9.83. The zero-order chi connectivity index (χ0) is 20.3. The summed E-state index contributed by atoms with van der Waals surface area (Å²) in [6.45, 7) is 9.83. The third-order valence-corrected chi connectivity index (χ3v) is 4.84. The molecule has 2 aromatic heterocycles. The minimum absolute atomic E-state index is 0.253. The number of rotatable bonds is 8. The Kier molecular flexibility index (Phi) is 6.62. The third kappa shape index (κ3) is 4.31. The molecule has 7 heteroatoms. The van der Waals surface area contributed by atoms with Crippen molar-refractivity contribution in [2.75, 3.05) is 20.3 Å². The van der Waals surface area contributed by atoms with Gasteiger partial charge in [-0.25, -0.2) is 4.79 Å². The highest BCUT2D eigenvalue weighted by molar-refractivity contribution is 6.00. The van der Waals surface area contributed by atoms with Gasteiger partial charge in [-0.2, -0.15) is 0 Å². The number of methoxy groups -OCH3 is 1. The van der Waals surface area contributed by atoms with Crippen molar-refractivity contribution in [1.29, 1.82) is 0 Å². The van der Waals surface area contributed by atoms with Crippen LogP contribution in [0.5, 0.6) is 0 Å². The van der Waals surface area contributed by atoms with E-state index < -0.39 is 12.1 Å². The maximum absolute atomic E-state index is 12.5. The first-order chi connectivity index (χ1) is 12.7. The van der Waals surface area contributed by atoms with E-state index >= 15 is 0 Å². The lowest BCUT2D eigenvalue weighted by Crippen LogP contribution is -2.16. The van der Waals surface area contributed by atoms with Crippen molar-refractivity contribution in [3.05, 3.63) is 45.5 Å². The number of aliphatic hydroxyl groups is 1. The molecular formula is C20H28N2O5. The number of H-pyrrole nitrogens is 1. The van der Waals surface area contributed by atoms with Crippen LogP contribution in [0.2, 0.25) is 0 Å². The minimum Gasteiger partial charge on any atom is -0.453 e. The first-order valence-electron chi connectivity index (χ1n) is 8.92. The van der Waals surface area contributed by atoms with Crippen molar-refractivity contribution in [3.8, 4) is 0 Å². The smallest absolute Gasteiger partial charge is 0.355 e. The lowest BCUT2D eigenvalue weighted by Gasteiger charge is -2.09. The molecule has 0 aliphatic carbocycles. The number of Topliss-reactive ketones (excluding diaryl/α,β-unsaturated/α-hetero) is 1. The Balaban J connectivity index is 2.10. The van der Waals surface area contributed by atoms with E-state index in [4.69, 9.17) is 9.47 Å². The highest BCUT2D eigenvalue weighted by Gasteiger charge is 2.23. The topological polar surface area (TPSA) is 93.5 Å². The number of esters is 1. The fourth-order valence-corrected chi connectivity index (χ4v) is 3.49. The Labute approximate surface area is 159 Å². The van der Waals surface area contributed by atoms with Crippen LogP contribution in [0.3, 0.4) is 0 Å². The highest BCUT2D eigenvalue weighted by atomic mass is 16.5.